The van der Waals surface area contributed by atoms with Gasteiger partial charge in [-0.2, -0.15) is 0 Å². The molecule has 1 heterocycles. The van der Waals surface area contributed by atoms with Crippen molar-refractivity contribution < 1.29 is 14.9 Å². The van der Waals surface area contributed by atoms with Crippen molar-refractivity contribution in [3.63, 3.8) is 0 Å². The third-order valence-corrected chi connectivity index (χ3v) is 4.55. The van der Waals surface area contributed by atoms with Crippen LogP contribution in [0.4, 0.5) is 10.8 Å². The largest absolute Gasteiger partial charge is 0.354 e. The number of hydrogen-bond donors (Lipinski definition) is 2. The minimum absolute atomic E-state index is 0.0219. The van der Waals surface area contributed by atoms with Crippen molar-refractivity contribution in [2.45, 2.75) is 27.3 Å². The molecule has 0 atom stereocenters. The predicted molar refractivity (Wildman–Crippen MR) is 95.4 cm³/mol. The molecule has 24 heavy (non-hydrogen) atoms. The summed E-state index contributed by atoms with van der Waals surface area (Å²) in [5.74, 6) is -0.0889. The molecule has 0 saturated carbocycles. The van der Waals surface area contributed by atoms with E-state index in [0.717, 1.165) is 22.5 Å². The molecule has 2 aromatic rings. The highest BCUT2D eigenvalue weighted by molar-refractivity contribution is 7.14. The molecule has 0 unspecified atom stereocenters. The van der Waals surface area contributed by atoms with Crippen LogP contribution in [0.1, 0.15) is 23.7 Å². The van der Waals surface area contributed by atoms with Crippen molar-refractivity contribution in [2.24, 2.45) is 0 Å². The molecule has 0 fully saturated rings. The summed E-state index contributed by atoms with van der Waals surface area (Å²) in [6.07, 6.45) is 0. The summed E-state index contributed by atoms with van der Waals surface area (Å²) in [6, 6.07) is 5.96. The Hall–Kier alpha value is -2.25. The SMILES string of the molecule is CNC(=O)C[NH2+]Cc1csc(N(C(C)=O)c2c(C)cccc2C)n1. The predicted octanol–water partition coefficient (Wildman–Crippen LogP) is 1.25. The molecule has 2 rings (SSSR count). The lowest BCUT2D eigenvalue weighted by atomic mass is 10.1. The highest BCUT2D eigenvalue weighted by atomic mass is 32.1. The van der Waals surface area contributed by atoms with Crippen LogP contribution in [0.3, 0.4) is 0 Å². The van der Waals surface area contributed by atoms with Crippen LogP contribution < -0.4 is 15.5 Å². The van der Waals surface area contributed by atoms with E-state index in [2.05, 4.69) is 10.3 Å². The smallest absolute Gasteiger partial charge is 0.274 e. The van der Waals surface area contributed by atoms with E-state index in [1.54, 1.807) is 18.9 Å². The first kappa shape index (κ1) is 18.1. The maximum absolute atomic E-state index is 12.2. The van der Waals surface area contributed by atoms with Gasteiger partial charge in [-0.25, -0.2) is 4.98 Å². The first-order valence-electron chi connectivity index (χ1n) is 7.77. The Morgan fingerprint density at radius 2 is 1.96 bits per heavy atom. The number of nitrogens with one attached hydrogen (secondary N) is 1. The van der Waals surface area contributed by atoms with Gasteiger partial charge in [-0.05, 0) is 25.0 Å². The van der Waals surface area contributed by atoms with Gasteiger partial charge < -0.3 is 10.6 Å². The highest BCUT2D eigenvalue weighted by Crippen LogP contribution is 2.33. The molecule has 0 spiro atoms. The fourth-order valence-corrected chi connectivity index (χ4v) is 3.38. The van der Waals surface area contributed by atoms with Crippen molar-refractivity contribution in [1.29, 1.82) is 0 Å². The number of nitrogens with two attached hydrogens (primary N) is 1. The van der Waals surface area contributed by atoms with Gasteiger partial charge in [0.2, 0.25) is 5.91 Å². The zero-order valence-corrected chi connectivity index (χ0v) is 15.2. The van der Waals surface area contributed by atoms with Crippen molar-refractivity contribution >= 4 is 34.0 Å². The minimum Gasteiger partial charge on any atom is -0.354 e. The monoisotopic (exact) mass is 347 g/mol. The number of rotatable bonds is 6. The second-order valence-corrected chi connectivity index (χ2v) is 6.42. The first-order valence-corrected chi connectivity index (χ1v) is 8.65. The fourth-order valence-electron chi connectivity index (χ4n) is 2.49. The number of carbonyl (C=O) groups is 2. The summed E-state index contributed by atoms with van der Waals surface area (Å²) in [6.45, 7) is 6.48. The number of aryl methyl sites for hydroxylation is 2. The zero-order valence-electron chi connectivity index (χ0n) is 14.4. The summed E-state index contributed by atoms with van der Waals surface area (Å²) in [5, 5.41) is 7.05. The van der Waals surface area contributed by atoms with Crippen LogP contribution in [0.25, 0.3) is 0 Å². The Balaban J connectivity index is 2.21. The molecule has 0 aliphatic heterocycles. The Morgan fingerprint density at radius 1 is 1.29 bits per heavy atom. The van der Waals surface area contributed by atoms with E-state index in [1.165, 1.54) is 11.3 Å². The van der Waals surface area contributed by atoms with E-state index in [9.17, 15) is 9.59 Å². The normalized spacial score (nSPS) is 10.5. The molecule has 2 amide bonds. The molecule has 6 nitrogen and oxygen atoms in total. The summed E-state index contributed by atoms with van der Waals surface area (Å²) in [5.41, 5.74) is 3.82. The number of carbonyl (C=O) groups excluding carboxylic acids is 2. The summed E-state index contributed by atoms with van der Waals surface area (Å²) in [7, 11) is 1.62. The number of aromatic nitrogens is 1. The number of likely N-dealkylation sites (N-methyl/N-ethyl adjacent to an activating group) is 1. The lowest BCUT2D eigenvalue weighted by molar-refractivity contribution is -0.660. The van der Waals surface area contributed by atoms with Crippen molar-refractivity contribution in [3.05, 3.63) is 40.4 Å². The molecule has 0 aliphatic carbocycles. The molecule has 7 heteroatoms. The van der Waals surface area contributed by atoms with E-state index in [0.29, 0.717) is 18.2 Å². The second-order valence-electron chi connectivity index (χ2n) is 5.59. The highest BCUT2D eigenvalue weighted by Gasteiger charge is 2.21. The third-order valence-electron chi connectivity index (χ3n) is 3.67. The van der Waals surface area contributed by atoms with Gasteiger partial charge in [0.25, 0.3) is 5.91 Å². The van der Waals surface area contributed by atoms with E-state index in [-0.39, 0.29) is 11.8 Å². The summed E-state index contributed by atoms with van der Waals surface area (Å²) >= 11 is 1.44. The van der Waals surface area contributed by atoms with Crippen LogP contribution in [0.5, 0.6) is 0 Å². The number of thiazole rings is 1. The van der Waals surface area contributed by atoms with Gasteiger partial charge in [-0.1, -0.05) is 18.2 Å². The first-order chi connectivity index (χ1) is 11.4. The molecule has 0 bridgehead atoms. The van der Waals surface area contributed by atoms with Crippen molar-refractivity contribution in [3.8, 4) is 0 Å². The number of para-hydroxylation sites is 1. The molecule has 3 N–H and O–H groups in total. The average Bonchev–Trinajstić information content (AvgIpc) is 2.98. The van der Waals surface area contributed by atoms with Gasteiger partial charge in [0.05, 0.1) is 5.69 Å². The minimum atomic E-state index is -0.0670. The van der Waals surface area contributed by atoms with E-state index in [4.69, 9.17) is 0 Å². The average molecular weight is 347 g/mol. The number of nitrogens with zero attached hydrogens (tertiary/aromatic N) is 2. The Kier molecular flexibility index (Phi) is 6.05. The van der Waals surface area contributed by atoms with Gasteiger partial charge in [0.15, 0.2) is 11.7 Å². The molecular weight excluding hydrogens is 324 g/mol. The summed E-state index contributed by atoms with van der Waals surface area (Å²) in [4.78, 5) is 29.7. The lowest BCUT2D eigenvalue weighted by Crippen LogP contribution is -2.85. The topological polar surface area (TPSA) is 78.9 Å². The Bertz CT molecular complexity index is 722. The maximum atomic E-state index is 12.2. The molecule has 1 aromatic carbocycles. The Morgan fingerprint density at radius 3 is 2.54 bits per heavy atom. The fraction of sp³-hybridized carbons (Fsp3) is 0.353. The number of hydrogen-bond acceptors (Lipinski definition) is 4. The van der Waals surface area contributed by atoms with Gasteiger partial charge >= 0.3 is 0 Å². The molecule has 0 radical (unpaired) electrons. The van der Waals surface area contributed by atoms with Gasteiger partial charge in [0.1, 0.15) is 12.2 Å². The molecule has 128 valence electrons. The van der Waals surface area contributed by atoms with E-state index >= 15 is 0 Å². The van der Waals surface area contributed by atoms with Crippen molar-refractivity contribution in [2.75, 3.05) is 18.5 Å². The summed E-state index contributed by atoms with van der Waals surface area (Å²) < 4.78 is 0. The molecule has 0 saturated heterocycles. The number of amides is 2. The number of benzene rings is 1. The van der Waals surface area contributed by atoms with E-state index < -0.39 is 0 Å². The zero-order chi connectivity index (χ0) is 17.7. The Labute approximate surface area is 145 Å². The van der Waals surface area contributed by atoms with Crippen LogP contribution in [-0.4, -0.2) is 30.4 Å². The van der Waals surface area contributed by atoms with Crippen LogP contribution in [0.15, 0.2) is 23.6 Å². The quantitative estimate of drug-likeness (QED) is 0.825. The molecule has 1 aromatic heterocycles. The lowest BCUT2D eigenvalue weighted by Gasteiger charge is -2.22. The van der Waals surface area contributed by atoms with E-state index in [1.807, 2.05) is 42.7 Å². The molecule has 0 aliphatic rings. The standard InChI is InChI=1S/C17H22N4O2S/c1-11-6-5-7-12(2)16(11)21(13(3)22)17-20-14(10-24-17)8-19-9-15(23)18-4/h5-7,10,19H,8-9H2,1-4H3,(H,18,23)/p+1. The third kappa shape index (κ3) is 4.18. The maximum Gasteiger partial charge on any atom is 0.274 e. The van der Waals surface area contributed by atoms with Crippen LogP contribution in [-0.2, 0) is 16.1 Å². The van der Waals surface area contributed by atoms with Crippen LogP contribution in [0, 0.1) is 13.8 Å². The number of quaternary nitrogens is 1. The van der Waals surface area contributed by atoms with Crippen molar-refractivity contribution in [1.82, 2.24) is 10.3 Å². The van der Waals surface area contributed by atoms with Crippen LogP contribution in [0.2, 0.25) is 0 Å². The van der Waals surface area contributed by atoms with Gasteiger partial charge in [0, 0.05) is 19.4 Å². The molecular formula is C17H23N4O2S+. The van der Waals surface area contributed by atoms with Crippen LogP contribution >= 0.6 is 11.3 Å². The second kappa shape index (κ2) is 8.03. The van der Waals surface area contributed by atoms with Gasteiger partial charge in [-0.3, -0.25) is 14.5 Å². The van der Waals surface area contributed by atoms with Gasteiger partial charge in [-0.15, -0.1) is 11.3 Å². The number of anilines is 2.